The summed E-state index contributed by atoms with van der Waals surface area (Å²) >= 11 is 0. The van der Waals surface area contributed by atoms with Crippen LogP contribution in [0, 0.1) is 0 Å². The number of carbonyl (C=O) groups excluding carboxylic acids is 1. The maximum absolute atomic E-state index is 12.0. The van der Waals surface area contributed by atoms with Crippen LogP contribution in [0.4, 0.5) is 0 Å². The fourth-order valence-corrected chi connectivity index (χ4v) is 1.61. The molecule has 0 unspecified atom stereocenters. The molecule has 0 bridgehead atoms. The van der Waals surface area contributed by atoms with Crippen molar-refractivity contribution in [1.82, 2.24) is 9.88 Å². The molecule has 3 nitrogen and oxygen atoms in total. The van der Waals surface area contributed by atoms with E-state index in [0.717, 1.165) is 5.69 Å². The third-order valence-electron chi connectivity index (χ3n) is 2.49. The third kappa shape index (κ3) is 2.91. The predicted octanol–water partition coefficient (Wildman–Crippen LogP) is 2.35. The smallest absolute Gasteiger partial charge is 0.253 e. The van der Waals surface area contributed by atoms with Crippen molar-refractivity contribution in [3.63, 3.8) is 0 Å². The quantitative estimate of drug-likeness (QED) is 0.805. The molecular weight excluding hydrogens is 212 g/mol. The van der Waals surface area contributed by atoms with Crippen LogP contribution in [0.5, 0.6) is 0 Å². The molecule has 17 heavy (non-hydrogen) atoms. The monoisotopic (exact) mass is 226 g/mol. The molecule has 2 aromatic rings. The molecule has 2 rings (SSSR count). The number of pyridine rings is 1. The molecule has 0 aliphatic heterocycles. The van der Waals surface area contributed by atoms with Crippen LogP contribution in [-0.2, 0) is 6.54 Å². The van der Waals surface area contributed by atoms with E-state index < -0.39 is 0 Å². The fraction of sp³-hybridized carbons (Fsp3) is 0.143. The van der Waals surface area contributed by atoms with E-state index in [2.05, 4.69) is 4.98 Å². The molecule has 3 heteroatoms. The van der Waals surface area contributed by atoms with Gasteiger partial charge in [-0.2, -0.15) is 0 Å². The van der Waals surface area contributed by atoms with Crippen LogP contribution in [0.2, 0.25) is 0 Å². The van der Waals surface area contributed by atoms with Gasteiger partial charge in [0.2, 0.25) is 0 Å². The Morgan fingerprint density at radius 2 is 1.82 bits per heavy atom. The first-order chi connectivity index (χ1) is 8.27. The number of carbonyl (C=O) groups is 1. The molecule has 1 heterocycles. The van der Waals surface area contributed by atoms with Gasteiger partial charge < -0.3 is 4.90 Å². The van der Waals surface area contributed by atoms with Gasteiger partial charge >= 0.3 is 0 Å². The number of hydrogen-bond donors (Lipinski definition) is 0. The molecule has 86 valence electrons. The summed E-state index contributed by atoms with van der Waals surface area (Å²) in [5, 5.41) is 0. The Balaban J connectivity index is 2.06. The number of rotatable bonds is 3. The highest BCUT2D eigenvalue weighted by atomic mass is 16.2. The maximum atomic E-state index is 12.0. The Bertz CT molecular complexity index is 482. The first kappa shape index (κ1) is 11.3. The van der Waals surface area contributed by atoms with Crippen molar-refractivity contribution in [3.8, 4) is 0 Å². The lowest BCUT2D eigenvalue weighted by Gasteiger charge is -2.16. The van der Waals surface area contributed by atoms with E-state index in [9.17, 15) is 4.79 Å². The molecule has 0 aliphatic carbocycles. The minimum Gasteiger partial charge on any atom is -0.336 e. The van der Waals surface area contributed by atoms with E-state index in [1.807, 2.05) is 48.5 Å². The average Bonchev–Trinajstić information content (AvgIpc) is 2.40. The Labute approximate surface area is 101 Å². The number of nitrogens with zero attached hydrogens (tertiary/aromatic N) is 2. The molecule has 0 N–H and O–H groups in total. The Hall–Kier alpha value is -2.16. The molecule has 1 amide bonds. The number of aromatic nitrogens is 1. The highest BCUT2D eigenvalue weighted by molar-refractivity contribution is 5.93. The van der Waals surface area contributed by atoms with Gasteiger partial charge in [-0.3, -0.25) is 9.78 Å². The van der Waals surface area contributed by atoms with Gasteiger partial charge in [-0.25, -0.2) is 0 Å². The van der Waals surface area contributed by atoms with Crippen LogP contribution < -0.4 is 0 Å². The van der Waals surface area contributed by atoms with E-state index in [1.165, 1.54) is 0 Å². The lowest BCUT2D eigenvalue weighted by molar-refractivity contribution is 0.0783. The van der Waals surface area contributed by atoms with Crippen LogP contribution in [0.15, 0.2) is 54.7 Å². The second-order valence-corrected chi connectivity index (χ2v) is 3.85. The lowest BCUT2D eigenvalue weighted by Crippen LogP contribution is -2.26. The van der Waals surface area contributed by atoms with Crippen molar-refractivity contribution in [2.75, 3.05) is 7.05 Å². The van der Waals surface area contributed by atoms with Crippen molar-refractivity contribution in [3.05, 3.63) is 66.0 Å². The summed E-state index contributed by atoms with van der Waals surface area (Å²) in [5.41, 5.74) is 1.59. The summed E-state index contributed by atoms with van der Waals surface area (Å²) in [6, 6.07) is 15.0. The summed E-state index contributed by atoms with van der Waals surface area (Å²) in [5.74, 6) is 0.0104. The zero-order valence-corrected chi connectivity index (χ0v) is 9.71. The number of amides is 1. The van der Waals surface area contributed by atoms with E-state index in [0.29, 0.717) is 12.1 Å². The fourth-order valence-electron chi connectivity index (χ4n) is 1.61. The zero-order valence-electron chi connectivity index (χ0n) is 9.71. The molecule has 1 aromatic heterocycles. The van der Waals surface area contributed by atoms with Crippen LogP contribution in [0.25, 0.3) is 0 Å². The van der Waals surface area contributed by atoms with Crippen molar-refractivity contribution in [2.45, 2.75) is 6.54 Å². The Morgan fingerprint density at radius 1 is 1.12 bits per heavy atom. The summed E-state index contributed by atoms with van der Waals surface area (Å²) < 4.78 is 0. The summed E-state index contributed by atoms with van der Waals surface area (Å²) in [6.07, 6.45) is 1.73. The van der Waals surface area contributed by atoms with Crippen molar-refractivity contribution < 1.29 is 4.79 Å². The first-order valence-electron chi connectivity index (χ1n) is 5.48. The highest BCUT2D eigenvalue weighted by Gasteiger charge is 2.11. The second-order valence-electron chi connectivity index (χ2n) is 3.85. The molecule has 0 spiro atoms. The predicted molar refractivity (Wildman–Crippen MR) is 66.5 cm³/mol. The van der Waals surface area contributed by atoms with Gasteiger partial charge in [0, 0.05) is 18.8 Å². The summed E-state index contributed by atoms with van der Waals surface area (Å²) in [4.78, 5) is 17.9. The van der Waals surface area contributed by atoms with Crippen molar-refractivity contribution in [2.24, 2.45) is 0 Å². The van der Waals surface area contributed by atoms with Crippen molar-refractivity contribution in [1.29, 1.82) is 0 Å². The van der Waals surface area contributed by atoms with Gasteiger partial charge in [0.25, 0.3) is 5.91 Å². The van der Waals surface area contributed by atoms with E-state index in [1.54, 1.807) is 18.1 Å². The molecule has 0 fully saturated rings. The zero-order chi connectivity index (χ0) is 12.1. The van der Waals surface area contributed by atoms with Crippen LogP contribution >= 0.6 is 0 Å². The molecule has 1 aromatic carbocycles. The Morgan fingerprint density at radius 3 is 2.47 bits per heavy atom. The maximum Gasteiger partial charge on any atom is 0.253 e. The van der Waals surface area contributed by atoms with Gasteiger partial charge in [0.15, 0.2) is 0 Å². The molecule has 0 aliphatic rings. The van der Waals surface area contributed by atoms with E-state index >= 15 is 0 Å². The molecule has 0 radical (unpaired) electrons. The van der Waals surface area contributed by atoms with E-state index in [-0.39, 0.29) is 5.91 Å². The van der Waals surface area contributed by atoms with Crippen LogP contribution in [-0.4, -0.2) is 22.8 Å². The molecule has 0 atom stereocenters. The highest BCUT2D eigenvalue weighted by Crippen LogP contribution is 2.06. The minimum atomic E-state index is 0.0104. The third-order valence-corrected chi connectivity index (χ3v) is 2.49. The van der Waals surface area contributed by atoms with Gasteiger partial charge in [-0.15, -0.1) is 0 Å². The van der Waals surface area contributed by atoms with Crippen molar-refractivity contribution >= 4 is 5.91 Å². The second kappa shape index (κ2) is 5.25. The standard InChI is InChI=1S/C14H14N2O/c1-16(11-13-9-5-6-10-15-13)14(17)12-7-3-2-4-8-12/h2-10H,11H2,1H3. The first-order valence-corrected chi connectivity index (χ1v) is 5.48. The van der Waals surface area contributed by atoms with Gasteiger partial charge in [0.05, 0.1) is 12.2 Å². The lowest BCUT2D eigenvalue weighted by atomic mass is 10.2. The van der Waals surface area contributed by atoms with Gasteiger partial charge in [0.1, 0.15) is 0 Å². The normalized spacial score (nSPS) is 9.94. The largest absolute Gasteiger partial charge is 0.336 e. The SMILES string of the molecule is CN(Cc1ccccn1)C(=O)c1ccccc1. The molecular formula is C14H14N2O. The summed E-state index contributed by atoms with van der Waals surface area (Å²) in [7, 11) is 1.78. The molecule has 0 saturated carbocycles. The van der Waals surface area contributed by atoms with Gasteiger partial charge in [-0.1, -0.05) is 24.3 Å². The van der Waals surface area contributed by atoms with Gasteiger partial charge in [-0.05, 0) is 24.3 Å². The number of benzene rings is 1. The van der Waals surface area contributed by atoms with Crippen LogP contribution in [0.3, 0.4) is 0 Å². The Kier molecular flexibility index (Phi) is 3.50. The average molecular weight is 226 g/mol. The minimum absolute atomic E-state index is 0.0104. The van der Waals surface area contributed by atoms with E-state index in [4.69, 9.17) is 0 Å². The topological polar surface area (TPSA) is 33.2 Å². The van der Waals surface area contributed by atoms with Crippen LogP contribution in [0.1, 0.15) is 16.1 Å². The molecule has 0 saturated heterocycles. The number of hydrogen-bond acceptors (Lipinski definition) is 2. The summed E-state index contributed by atoms with van der Waals surface area (Å²) in [6.45, 7) is 0.522.